The van der Waals surface area contributed by atoms with Crippen LogP contribution < -0.4 is 29.6 Å². The van der Waals surface area contributed by atoms with Gasteiger partial charge in [-0.25, -0.2) is 0 Å². The summed E-state index contributed by atoms with van der Waals surface area (Å²) in [6.45, 7) is 0.380. The molecule has 0 spiro atoms. The number of anilines is 2. The molecule has 1 aliphatic heterocycles. The fraction of sp³-hybridized carbons (Fsp3) is 0.259. The van der Waals surface area contributed by atoms with Gasteiger partial charge in [-0.05, 0) is 48.5 Å². The Kier molecular flexibility index (Phi) is 9.17. The van der Waals surface area contributed by atoms with Crippen LogP contribution >= 0.6 is 23.2 Å². The first-order valence-electron chi connectivity index (χ1n) is 11.7. The number of halogens is 2. The standard InChI is InChI=1S/C27H27Cl2N3O6/c1-35-22-9-7-17(11-20(22)28)30-26(33)14-32(13-19-16-37-24-5-3-4-6-25(24)38-19)15-27(34)31-18-8-10-23(36-2)21(29)12-18/h3-12,19H,13-16H2,1-2H3,(H,30,33)(H,31,34). The lowest BCUT2D eigenvalue weighted by Crippen LogP contribution is -2.46. The molecule has 0 saturated carbocycles. The highest BCUT2D eigenvalue weighted by Gasteiger charge is 2.25. The van der Waals surface area contributed by atoms with Crippen molar-refractivity contribution in [3.05, 3.63) is 70.7 Å². The van der Waals surface area contributed by atoms with Gasteiger partial charge in [0, 0.05) is 17.9 Å². The van der Waals surface area contributed by atoms with Crippen LogP contribution in [-0.2, 0) is 9.59 Å². The fourth-order valence-corrected chi connectivity index (χ4v) is 4.44. The van der Waals surface area contributed by atoms with Crippen molar-refractivity contribution in [1.82, 2.24) is 4.90 Å². The van der Waals surface area contributed by atoms with Gasteiger partial charge in [0.1, 0.15) is 24.2 Å². The van der Waals surface area contributed by atoms with E-state index in [1.807, 2.05) is 24.3 Å². The minimum atomic E-state index is -0.392. The summed E-state index contributed by atoms with van der Waals surface area (Å²) in [4.78, 5) is 27.5. The minimum absolute atomic E-state index is 0.0814. The number of benzene rings is 3. The Morgan fingerprint density at radius 2 is 1.39 bits per heavy atom. The second kappa shape index (κ2) is 12.7. The maximum atomic E-state index is 12.9. The molecule has 0 saturated heterocycles. The van der Waals surface area contributed by atoms with Crippen LogP contribution in [0.1, 0.15) is 0 Å². The van der Waals surface area contributed by atoms with Crippen LogP contribution in [0, 0.1) is 0 Å². The average molecular weight is 560 g/mol. The quantitative estimate of drug-likeness (QED) is 0.370. The topological polar surface area (TPSA) is 98.4 Å². The van der Waals surface area contributed by atoms with Crippen molar-refractivity contribution in [1.29, 1.82) is 0 Å². The summed E-state index contributed by atoms with van der Waals surface area (Å²) in [6.07, 6.45) is -0.392. The molecule has 11 heteroatoms. The number of para-hydroxylation sites is 2. The van der Waals surface area contributed by atoms with Gasteiger partial charge < -0.3 is 29.6 Å². The van der Waals surface area contributed by atoms with Gasteiger partial charge in [0.15, 0.2) is 11.5 Å². The molecule has 9 nitrogen and oxygen atoms in total. The Hall–Kier alpha value is -3.66. The van der Waals surface area contributed by atoms with Crippen molar-refractivity contribution in [2.24, 2.45) is 0 Å². The van der Waals surface area contributed by atoms with Crippen LogP contribution in [0.4, 0.5) is 11.4 Å². The average Bonchev–Trinajstić information content (AvgIpc) is 2.88. The molecule has 38 heavy (non-hydrogen) atoms. The van der Waals surface area contributed by atoms with Crippen molar-refractivity contribution >= 4 is 46.4 Å². The molecule has 4 rings (SSSR count). The predicted octanol–water partition coefficient (Wildman–Crippen LogP) is 4.73. The largest absolute Gasteiger partial charge is 0.495 e. The normalized spacial score (nSPS) is 14.1. The van der Waals surface area contributed by atoms with Crippen molar-refractivity contribution in [2.45, 2.75) is 6.10 Å². The van der Waals surface area contributed by atoms with Crippen LogP contribution in [0.3, 0.4) is 0 Å². The van der Waals surface area contributed by atoms with E-state index < -0.39 is 6.10 Å². The van der Waals surface area contributed by atoms with Crippen LogP contribution in [0.25, 0.3) is 0 Å². The summed E-state index contributed by atoms with van der Waals surface area (Å²) >= 11 is 12.4. The number of hydrogen-bond acceptors (Lipinski definition) is 7. The number of carbonyl (C=O) groups excluding carboxylic acids is 2. The summed E-state index contributed by atoms with van der Waals surface area (Å²) < 4.78 is 22.2. The highest BCUT2D eigenvalue weighted by atomic mass is 35.5. The highest BCUT2D eigenvalue weighted by Crippen LogP contribution is 2.31. The summed E-state index contributed by atoms with van der Waals surface area (Å²) in [7, 11) is 3.02. The number of fused-ring (bicyclic) bond motifs is 1. The van der Waals surface area contributed by atoms with Gasteiger partial charge in [-0.2, -0.15) is 0 Å². The zero-order chi connectivity index (χ0) is 27.1. The Bertz CT molecular complexity index is 1240. The number of nitrogens with zero attached hydrogens (tertiary/aromatic N) is 1. The molecular weight excluding hydrogens is 533 g/mol. The van der Waals surface area contributed by atoms with E-state index >= 15 is 0 Å². The smallest absolute Gasteiger partial charge is 0.238 e. The predicted molar refractivity (Wildman–Crippen MR) is 146 cm³/mol. The van der Waals surface area contributed by atoms with Crippen molar-refractivity contribution < 1.29 is 28.5 Å². The molecule has 0 fully saturated rings. The van der Waals surface area contributed by atoms with Crippen LogP contribution in [-0.4, -0.2) is 63.3 Å². The molecule has 3 aromatic rings. The van der Waals surface area contributed by atoms with Gasteiger partial charge >= 0.3 is 0 Å². The van der Waals surface area contributed by atoms with Gasteiger partial charge in [-0.15, -0.1) is 0 Å². The number of amides is 2. The molecule has 2 amide bonds. The lowest BCUT2D eigenvalue weighted by atomic mass is 10.2. The van der Waals surface area contributed by atoms with Crippen LogP contribution in [0.5, 0.6) is 23.0 Å². The van der Waals surface area contributed by atoms with E-state index in [0.717, 1.165) is 0 Å². The number of ether oxygens (including phenoxy) is 4. The van der Waals surface area contributed by atoms with Crippen LogP contribution in [0.2, 0.25) is 10.0 Å². The molecule has 1 heterocycles. The third kappa shape index (κ3) is 7.22. The minimum Gasteiger partial charge on any atom is -0.495 e. The summed E-state index contributed by atoms with van der Waals surface area (Å²) in [6, 6.07) is 17.2. The maximum Gasteiger partial charge on any atom is 0.238 e. The molecular formula is C27H27Cl2N3O6. The van der Waals surface area contributed by atoms with Gasteiger partial charge in [0.25, 0.3) is 0 Å². The van der Waals surface area contributed by atoms with E-state index in [2.05, 4.69) is 10.6 Å². The molecule has 1 unspecified atom stereocenters. The molecule has 0 aliphatic carbocycles. The summed E-state index contributed by atoms with van der Waals surface area (Å²) in [5, 5.41) is 6.34. The number of methoxy groups -OCH3 is 2. The van der Waals surface area contributed by atoms with Gasteiger partial charge in [0.05, 0.1) is 37.4 Å². The molecule has 0 aromatic heterocycles. The van der Waals surface area contributed by atoms with Crippen molar-refractivity contribution in [2.75, 3.05) is 51.1 Å². The zero-order valence-electron chi connectivity index (χ0n) is 20.8. The first-order chi connectivity index (χ1) is 18.3. The number of nitrogens with one attached hydrogen (secondary N) is 2. The highest BCUT2D eigenvalue weighted by molar-refractivity contribution is 6.32. The van der Waals surface area contributed by atoms with Gasteiger partial charge in [-0.3, -0.25) is 14.5 Å². The van der Waals surface area contributed by atoms with Crippen LogP contribution in [0.15, 0.2) is 60.7 Å². The van der Waals surface area contributed by atoms with E-state index in [9.17, 15) is 9.59 Å². The monoisotopic (exact) mass is 559 g/mol. The third-order valence-electron chi connectivity index (χ3n) is 5.63. The van der Waals surface area contributed by atoms with Crippen molar-refractivity contribution in [3.8, 4) is 23.0 Å². The second-order valence-corrected chi connectivity index (χ2v) is 9.28. The zero-order valence-corrected chi connectivity index (χ0v) is 22.3. The Morgan fingerprint density at radius 3 is 1.89 bits per heavy atom. The van der Waals surface area contributed by atoms with E-state index in [-0.39, 0.29) is 38.1 Å². The molecule has 1 atom stereocenters. The lowest BCUT2D eigenvalue weighted by molar-refractivity contribution is -0.120. The molecule has 0 radical (unpaired) electrons. The molecule has 2 N–H and O–H groups in total. The number of rotatable bonds is 10. The first kappa shape index (κ1) is 27.4. The maximum absolute atomic E-state index is 12.9. The lowest BCUT2D eigenvalue weighted by Gasteiger charge is -2.30. The van der Waals surface area contributed by atoms with E-state index in [4.69, 9.17) is 42.1 Å². The summed E-state index contributed by atoms with van der Waals surface area (Å²) in [5.74, 6) is 1.59. The SMILES string of the molecule is COc1ccc(NC(=O)CN(CC(=O)Nc2ccc(OC)c(Cl)c2)CC2COc3ccccc3O2)cc1Cl. The Labute approximate surface area is 230 Å². The number of hydrogen-bond donors (Lipinski definition) is 2. The molecule has 1 aliphatic rings. The number of carbonyl (C=O) groups is 2. The van der Waals surface area contributed by atoms with E-state index in [1.54, 1.807) is 41.3 Å². The van der Waals surface area contributed by atoms with Crippen molar-refractivity contribution in [3.63, 3.8) is 0 Å². The molecule has 200 valence electrons. The van der Waals surface area contributed by atoms with Gasteiger partial charge in [-0.1, -0.05) is 35.3 Å². The van der Waals surface area contributed by atoms with E-state index in [1.165, 1.54) is 14.2 Å². The third-order valence-corrected chi connectivity index (χ3v) is 6.23. The summed E-state index contributed by atoms with van der Waals surface area (Å²) in [5.41, 5.74) is 1.01. The molecule has 0 bridgehead atoms. The molecule has 3 aromatic carbocycles. The Morgan fingerprint density at radius 1 is 0.868 bits per heavy atom. The first-order valence-corrected chi connectivity index (χ1v) is 12.5. The second-order valence-electron chi connectivity index (χ2n) is 8.46. The van der Waals surface area contributed by atoms with E-state index in [0.29, 0.717) is 44.4 Å². The fourth-order valence-electron chi connectivity index (χ4n) is 3.92. The Balaban J connectivity index is 1.44. The van der Waals surface area contributed by atoms with Gasteiger partial charge in [0.2, 0.25) is 11.8 Å².